The topological polar surface area (TPSA) is 40.5 Å². The Bertz CT molecular complexity index is 759. The van der Waals surface area contributed by atoms with Gasteiger partial charge in [-0.1, -0.05) is 32.0 Å². The molecule has 0 saturated carbocycles. The van der Waals surface area contributed by atoms with Crippen molar-refractivity contribution in [2.45, 2.75) is 33.1 Å². The van der Waals surface area contributed by atoms with Crippen LogP contribution in [0.4, 0.5) is 5.69 Å². The largest absolute Gasteiger partial charge is 0.478 e. The van der Waals surface area contributed by atoms with Gasteiger partial charge in [0, 0.05) is 30.2 Å². The van der Waals surface area contributed by atoms with Crippen molar-refractivity contribution in [2.24, 2.45) is 5.41 Å². The molecule has 0 radical (unpaired) electrons. The number of benzene rings is 1. The Balaban J connectivity index is 2.23. The number of para-hydroxylation sites is 1. The van der Waals surface area contributed by atoms with Crippen molar-refractivity contribution in [3.05, 3.63) is 40.3 Å². The first-order chi connectivity index (χ1) is 10.8. The number of carboxylic acids is 1. The van der Waals surface area contributed by atoms with Crippen LogP contribution < -0.4 is 4.90 Å². The number of anilines is 1. The second-order valence-electron chi connectivity index (χ2n) is 7.27. The highest BCUT2D eigenvalue weighted by molar-refractivity contribution is 7.16. The molecule has 1 heterocycles. The molecule has 0 bridgehead atoms. The second-order valence-corrected chi connectivity index (χ2v) is 8.37. The van der Waals surface area contributed by atoms with E-state index < -0.39 is 5.97 Å². The lowest BCUT2D eigenvalue weighted by molar-refractivity contribution is 0.0696. The molecule has 0 amide bonds. The van der Waals surface area contributed by atoms with Crippen molar-refractivity contribution in [3.63, 3.8) is 0 Å². The van der Waals surface area contributed by atoms with Crippen LogP contribution in [0.15, 0.2) is 24.3 Å². The van der Waals surface area contributed by atoms with Gasteiger partial charge in [-0.25, -0.2) is 4.79 Å². The summed E-state index contributed by atoms with van der Waals surface area (Å²) in [6.07, 6.45) is 2.95. The van der Waals surface area contributed by atoms with Crippen LogP contribution in [0, 0.1) is 5.41 Å². The van der Waals surface area contributed by atoms with E-state index in [1.807, 2.05) is 43.3 Å². The molecule has 0 atom stereocenters. The van der Waals surface area contributed by atoms with Crippen molar-refractivity contribution in [2.75, 3.05) is 19.0 Å². The summed E-state index contributed by atoms with van der Waals surface area (Å²) in [7, 11) is 3.99. The van der Waals surface area contributed by atoms with Gasteiger partial charge in [0.2, 0.25) is 0 Å². The lowest BCUT2D eigenvalue weighted by Crippen LogP contribution is -2.22. The number of carbonyl (C=O) groups is 1. The molecule has 1 aliphatic rings. The summed E-state index contributed by atoms with van der Waals surface area (Å²) in [4.78, 5) is 16.2. The van der Waals surface area contributed by atoms with Crippen LogP contribution in [0.3, 0.4) is 0 Å². The minimum atomic E-state index is -0.802. The summed E-state index contributed by atoms with van der Waals surface area (Å²) < 4.78 is 0. The molecule has 1 aliphatic carbocycles. The highest BCUT2D eigenvalue weighted by atomic mass is 32.1. The smallest absolute Gasteiger partial charge is 0.337 e. The first-order valence-electron chi connectivity index (χ1n) is 7.95. The number of aromatic carboxylic acids is 1. The predicted molar refractivity (Wildman–Crippen MR) is 96.8 cm³/mol. The molecule has 122 valence electrons. The molecule has 3 nitrogen and oxygen atoms in total. The molecule has 23 heavy (non-hydrogen) atoms. The summed E-state index contributed by atoms with van der Waals surface area (Å²) >= 11 is 1.67. The first-order valence-corrected chi connectivity index (χ1v) is 8.76. The molecule has 0 saturated heterocycles. The van der Waals surface area contributed by atoms with Gasteiger partial charge in [0.25, 0.3) is 0 Å². The molecule has 1 aromatic carbocycles. The maximum absolute atomic E-state index is 12.0. The molecule has 1 N–H and O–H groups in total. The number of rotatable bonds is 3. The minimum Gasteiger partial charge on any atom is -0.478 e. The van der Waals surface area contributed by atoms with E-state index >= 15 is 0 Å². The Labute approximate surface area is 141 Å². The molecule has 0 unspecified atom stereocenters. The Morgan fingerprint density at radius 1 is 1.26 bits per heavy atom. The molecular weight excluding hydrogens is 306 g/mol. The Morgan fingerprint density at radius 2 is 1.96 bits per heavy atom. The molecule has 0 spiro atoms. The average Bonchev–Trinajstić information content (AvgIpc) is 2.84. The number of thiophene rings is 1. The third-order valence-electron chi connectivity index (χ3n) is 4.62. The number of hydrogen-bond donors (Lipinski definition) is 1. The van der Waals surface area contributed by atoms with Crippen LogP contribution in [0.2, 0.25) is 0 Å². The number of nitrogens with zero attached hydrogens (tertiary/aromatic N) is 1. The van der Waals surface area contributed by atoms with E-state index in [2.05, 4.69) is 13.8 Å². The Hall–Kier alpha value is -1.81. The van der Waals surface area contributed by atoms with Gasteiger partial charge in [0.1, 0.15) is 0 Å². The molecule has 4 heteroatoms. The van der Waals surface area contributed by atoms with E-state index in [1.165, 1.54) is 4.88 Å². The van der Waals surface area contributed by atoms with Crippen LogP contribution >= 0.6 is 11.3 Å². The van der Waals surface area contributed by atoms with Gasteiger partial charge in [0.15, 0.2) is 0 Å². The number of fused-ring (bicyclic) bond motifs is 1. The molecule has 3 rings (SSSR count). The third-order valence-corrected chi connectivity index (χ3v) is 5.94. The van der Waals surface area contributed by atoms with E-state index in [9.17, 15) is 9.90 Å². The van der Waals surface area contributed by atoms with Crippen molar-refractivity contribution >= 4 is 23.0 Å². The molecule has 0 aliphatic heterocycles. The molecule has 2 aromatic rings. The number of carboxylic acid groups (broad SMARTS) is 1. The van der Waals surface area contributed by atoms with Crippen molar-refractivity contribution < 1.29 is 9.90 Å². The lowest BCUT2D eigenvalue weighted by Gasteiger charge is -2.29. The van der Waals surface area contributed by atoms with Crippen LogP contribution in [0.1, 0.15) is 41.1 Å². The van der Waals surface area contributed by atoms with E-state index in [0.29, 0.717) is 5.56 Å². The molecular formula is C19H23NO2S. The summed E-state index contributed by atoms with van der Waals surface area (Å²) in [6.45, 7) is 4.46. The molecule has 1 aromatic heterocycles. The number of hydrogen-bond acceptors (Lipinski definition) is 3. The predicted octanol–water partition coefficient (Wildman–Crippen LogP) is 4.69. The van der Waals surface area contributed by atoms with E-state index in [0.717, 1.165) is 41.0 Å². The average molecular weight is 329 g/mol. The standard InChI is InChI=1S/C19H23NO2S/c1-19(2)10-9-15-13(11-19)16(18(21)22)17(23-15)12-7-5-6-8-14(12)20(3)4/h5-8H,9-11H2,1-4H3,(H,21,22). The van der Waals surface area contributed by atoms with Crippen LogP contribution in [0.5, 0.6) is 0 Å². The van der Waals surface area contributed by atoms with Gasteiger partial charge in [-0.3, -0.25) is 0 Å². The summed E-state index contributed by atoms with van der Waals surface area (Å²) in [5.74, 6) is -0.802. The lowest BCUT2D eigenvalue weighted by atomic mass is 9.76. The fourth-order valence-electron chi connectivity index (χ4n) is 3.39. The van der Waals surface area contributed by atoms with Gasteiger partial charge in [-0.05, 0) is 36.3 Å². The summed E-state index contributed by atoms with van der Waals surface area (Å²) in [5.41, 5.74) is 3.84. The monoisotopic (exact) mass is 329 g/mol. The maximum atomic E-state index is 12.0. The summed E-state index contributed by atoms with van der Waals surface area (Å²) in [6, 6.07) is 8.06. The molecule has 0 fully saturated rings. The zero-order valence-electron chi connectivity index (χ0n) is 14.1. The quantitative estimate of drug-likeness (QED) is 0.888. The van der Waals surface area contributed by atoms with Gasteiger partial charge >= 0.3 is 5.97 Å². The van der Waals surface area contributed by atoms with E-state index in [-0.39, 0.29) is 5.41 Å². The van der Waals surface area contributed by atoms with Crippen molar-refractivity contribution in [3.8, 4) is 10.4 Å². The van der Waals surface area contributed by atoms with Gasteiger partial charge in [0.05, 0.1) is 10.4 Å². The van der Waals surface area contributed by atoms with Gasteiger partial charge < -0.3 is 10.0 Å². The van der Waals surface area contributed by atoms with Crippen LogP contribution in [-0.4, -0.2) is 25.2 Å². The zero-order chi connectivity index (χ0) is 16.8. The highest BCUT2D eigenvalue weighted by Gasteiger charge is 2.33. The second kappa shape index (κ2) is 5.68. The Morgan fingerprint density at radius 3 is 2.61 bits per heavy atom. The normalized spacial score (nSPS) is 16.0. The fraction of sp³-hybridized carbons (Fsp3) is 0.421. The van der Waals surface area contributed by atoms with Crippen LogP contribution in [-0.2, 0) is 12.8 Å². The SMILES string of the molecule is CN(C)c1ccccc1-c1sc2c(c1C(=O)O)CC(C)(C)CC2. The van der Waals surface area contributed by atoms with Crippen LogP contribution in [0.25, 0.3) is 10.4 Å². The highest BCUT2D eigenvalue weighted by Crippen LogP contribution is 2.46. The van der Waals surface area contributed by atoms with Gasteiger partial charge in [-0.15, -0.1) is 11.3 Å². The first kappa shape index (κ1) is 16.1. The maximum Gasteiger partial charge on any atom is 0.337 e. The van der Waals surface area contributed by atoms with E-state index in [4.69, 9.17) is 0 Å². The van der Waals surface area contributed by atoms with Gasteiger partial charge in [-0.2, -0.15) is 0 Å². The zero-order valence-corrected chi connectivity index (χ0v) is 15.0. The fourth-order valence-corrected chi connectivity index (χ4v) is 4.73. The third kappa shape index (κ3) is 2.88. The van der Waals surface area contributed by atoms with Crippen molar-refractivity contribution in [1.29, 1.82) is 0 Å². The summed E-state index contributed by atoms with van der Waals surface area (Å²) in [5, 5.41) is 9.86. The van der Waals surface area contributed by atoms with Crippen molar-refractivity contribution in [1.82, 2.24) is 0 Å². The van der Waals surface area contributed by atoms with E-state index in [1.54, 1.807) is 11.3 Å². The number of aryl methyl sites for hydroxylation is 1. The minimum absolute atomic E-state index is 0.177. The Kier molecular flexibility index (Phi) is 3.96.